The maximum Gasteiger partial charge on any atom is 0.258 e. The Labute approximate surface area is 101 Å². The first-order valence-corrected chi connectivity index (χ1v) is 5.76. The summed E-state index contributed by atoms with van der Waals surface area (Å²) in [5.41, 5.74) is 0.499. The van der Waals surface area contributed by atoms with Gasteiger partial charge in [0.2, 0.25) is 0 Å². The lowest BCUT2D eigenvalue weighted by Gasteiger charge is -2.31. The summed E-state index contributed by atoms with van der Waals surface area (Å²) in [4.78, 5) is 13.7. The fourth-order valence-electron chi connectivity index (χ4n) is 1.63. The van der Waals surface area contributed by atoms with E-state index in [9.17, 15) is 4.79 Å². The minimum Gasteiger partial charge on any atom is -0.457 e. The van der Waals surface area contributed by atoms with E-state index in [0.29, 0.717) is 29.9 Å². The first kappa shape index (κ1) is 11.6. The highest BCUT2D eigenvalue weighted by Crippen LogP contribution is 2.20. The summed E-state index contributed by atoms with van der Waals surface area (Å²) in [6.45, 7) is 1.32. The molecule has 0 spiro atoms. The number of furan rings is 1. The third-order valence-electron chi connectivity index (χ3n) is 2.48. The zero-order valence-electron chi connectivity index (χ0n) is 8.56. The van der Waals surface area contributed by atoms with Crippen LogP contribution >= 0.6 is 15.9 Å². The number of carbonyl (C=O) groups is 1. The first-order chi connectivity index (χ1) is 7.72. The molecule has 1 aromatic heterocycles. The number of aliphatic hydroxyl groups excluding tert-OH is 1. The Morgan fingerprint density at radius 3 is 3.12 bits per heavy atom. The summed E-state index contributed by atoms with van der Waals surface area (Å²) in [6, 6.07) is 1.62. The number of morpholine rings is 1. The van der Waals surface area contributed by atoms with Crippen molar-refractivity contribution in [2.45, 2.75) is 6.10 Å². The minimum atomic E-state index is -0.289. The molecule has 0 aromatic carbocycles. The summed E-state index contributed by atoms with van der Waals surface area (Å²) in [5.74, 6) is -0.109. The zero-order valence-corrected chi connectivity index (χ0v) is 10.1. The van der Waals surface area contributed by atoms with Gasteiger partial charge >= 0.3 is 0 Å². The Kier molecular flexibility index (Phi) is 3.63. The van der Waals surface area contributed by atoms with E-state index in [0.717, 1.165) is 0 Å². The van der Waals surface area contributed by atoms with Crippen LogP contribution < -0.4 is 0 Å². The monoisotopic (exact) mass is 289 g/mol. The lowest BCUT2D eigenvalue weighted by atomic mass is 10.2. The number of halogens is 1. The van der Waals surface area contributed by atoms with Gasteiger partial charge < -0.3 is 19.2 Å². The van der Waals surface area contributed by atoms with E-state index in [-0.39, 0.29) is 18.6 Å². The van der Waals surface area contributed by atoms with Gasteiger partial charge in [0.1, 0.15) is 0 Å². The van der Waals surface area contributed by atoms with Gasteiger partial charge in [0.15, 0.2) is 4.67 Å². The third-order valence-corrected chi connectivity index (χ3v) is 3.09. The minimum absolute atomic E-state index is 0.0731. The number of nitrogens with zero attached hydrogens (tertiary/aromatic N) is 1. The van der Waals surface area contributed by atoms with Gasteiger partial charge in [-0.15, -0.1) is 0 Å². The number of hydrogen-bond acceptors (Lipinski definition) is 4. The van der Waals surface area contributed by atoms with Crippen LogP contribution in [0.2, 0.25) is 0 Å². The Morgan fingerprint density at radius 2 is 2.50 bits per heavy atom. The predicted octanol–water partition coefficient (Wildman–Crippen LogP) is 0.875. The molecule has 5 nitrogen and oxygen atoms in total. The third kappa shape index (κ3) is 2.28. The molecular weight excluding hydrogens is 278 g/mol. The van der Waals surface area contributed by atoms with Crippen molar-refractivity contribution in [3.8, 4) is 0 Å². The molecule has 0 saturated carbocycles. The number of carbonyl (C=O) groups excluding carboxylic acids is 1. The van der Waals surface area contributed by atoms with Crippen molar-refractivity contribution in [3.05, 3.63) is 22.6 Å². The average molecular weight is 290 g/mol. The number of rotatable bonds is 2. The van der Waals surface area contributed by atoms with Gasteiger partial charge in [-0.05, 0) is 22.0 Å². The lowest BCUT2D eigenvalue weighted by molar-refractivity contribution is -0.0447. The molecular formula is C10H12BrNO4. The average Bonchev–Trinajstić information content (AvgIpc) is 2.74. The SMILES string of the molecule is O=C(c1ccoc1Br)N1CCOC(CO)C1. The van der Waals surface area contributed by atoms with Gasteiger partial charge in [-0.25, -0.2) is 0 Å². The van der Waals surface area contributed by atoms with Crippen LogP contribution in [0.15, 0.2) is 21.4 Å². The second-order valence-electron chi connectivity index (χ2n) is 3.53. The van der Waals surface area contributed by atoms with Gasteiger partial charge in [0.05, 0.1) is 31.1 Å². The van der Waals surface area contributed by atoms with Crippen LogP contribution in [0, 0.1) is 0 Å². The first-order valence-electron chi connectivity index (χ1n) is 4.97. The van der Waals surface area contributed by atoms with Gasteiger partial charge in [-0.2, -0.15) is 0 Å². The Balaban J connectivity index is 2.07. The molecule has 1 aromatic rings. The van der Waals surface area contributed by atoms with Crippen LogP contribution in [0.5, 0.6) is 0 Å². The molecule has 2 heterocycles. The number of aliphatic hydroxyl groups is 1. The second kappa shape index (κ2) is 4.99. The van der Waals surface area contributed by atoms with Crippen LogP contribution in [0.4, 0.5) is 0 Å². The molecule has 0 aliphatic carbocycles. The highest BCUT2D eigenvalue weighted by atomic mass is 79.9. The van der Waals surface area contributed by atoms with E-state index >= 15 is 0 Å². The molecule has 0 bridgehead atoms. The fourth-order valence-corrected chi connectivity index (χ4v) is 2.04. The number of amides is 1. The van der Waals surface area contributed by atoms with Gasteiger partial charge in [-0.3, -0.25) is 4.79 Å². The zero-order chi connectivity index (χ0) is 11.5. The molecule has 1 N–H and O–H groups in total. The molecule has 0 radical (unpaired) electrons. The van der Waals surface area contributed by atoms with Gasteiger partial charge in [0.25, 0.3) is 5.91 Å². The van der Waals surface area contributed by atoms with E-state index in [1.165, 1.54) is 6.26 Å². The van der Waals surface area contributed by atoms with Crippen molar-refractivity contribution in [2.75, 3.05) is 26.3 Å². The van der Waals surface area contributed by atoms with E-state index < -0.39 is 0 Å². The Hall–Kier alpha value is -0.850. The summed E-state index contributed by atoms with van der Waals surface area (Å²) in [6.07, 6.45) is 1.17. The number of ether oxygens (including phenoxy) is 1. The van der Waals surface area contributed by atoms with Crippen molar-refractivity contribution in [2.24, 2.45) is 0 Å². The topological polar surface area (TPSA) is 62.9 Å². The normalized spacial score (nSPS) is 21.1. The van der Waals surface area contributed by atoms with Crippen molar-refractivity contribution in [1.29, 1.82) is 0 Å². The summed E-state index contributed by atoms with van der Waals surface area (Å²) >= 11 is 3.17. The molecule has 1 aliphatic heterocycles. The van der Waals surface area contributed by atoms with Crippen molar-refractivity contribution >= 4 is 21.8 Å². The Bertz CT molecular complexity index is 379. The van der Waals surface area contributed by atoms with Gasteiger partial charge in [0, 0.05) is 13.1 Å². The van der Waals surface area contributed by atoms with E-state index in [4.69, 9.17) is 14.3 Å². The molecule has 6 heteroatoms. The van der Waals surface area contributed by atoms with Crippen molar-refractivity contribution in [3.63, 3.8) is 0 Å². The predicted molar refractivity (Wildman–Crippen MR) is 59.1 cm³/mol. The van der Waals surface area contributed by atoms with Crippen LogP contribution in [0.25, 0.3) is 0 Å². The van der Waals surface area contributed by atoms with Crippen LogP contribution in [-0.4, -0.2) is 48.3 Å². The summed E-state index contributed by atoms with van der Waals surface area (Å²) < 4.78 is 10.7. The molecule has 1 atom stereocenters. The Morgan fingerprint density at radius 1 is 1.69 bits per heavy atom. The largest absolute Gasteiger partial charge is 0.457 e. The molecule has 16 heavy (non-hydrogen) atoms. The molecule has 2 rings (SSSR count). The van der Waals surface area contributed by atoms with E-state index in [1.54, 1.807) is 11.0 Å². The van der Waals surface area contributed by atoms with E-state index in [2.05, 4.69) is 15.9 Å². The second-order valence-corrected chi connectivity index (χ2v) is 4.25. The lowest BCUT2D eigenvalue weighted by Crippen LogP contribution is -2.46. The quantitative estimate of drug-likeness (QED) is 0.878. The standard InChI is InChI=1S/C10H12BrNO4/c11-9-8(1-3-16-9)10(14)12-2-4-15-7(5-12)6-13/h1,3,7,13H,2,4-6H2. The van der Waals surface area contributed by atoms with E-state index in [1.807, 2.05) is 0 Å². The molecule has 88 valence electrons. The van der Waals surface area contributed by atoms with Crippen LogP contribution in [0.1, 0.15) is 10.4 Å². The molecule has 1 aliphatic rings. The van der Waals surface area contributed by atoms with Crippen molar-refractivity contribution in [1.82, 2.24) is 4.90 Å². The van der Waals surface area contributed by atoms with Crippen LogP contribution in [-0.2, 0) is 4.74 Å². The summed E-state index contributed by atoms with van der Waals surface area (Å²) in [7, 11) is 0. The maximum absolute atomic E-state index is 12.0. The smallest absolute Gasteiger partial charge is 0.258 e. The molecule has 1 fully saturated rings. The van der Waals surface area contributed by atoms with Crippen molar-refractivity contribution < 1.29 is 19.1 Å². The highest BCUT2D eigenvalue weighted by Gasteiger charge is 2.26. The molecule has 1 amide bonds. The highest BCUT2D eigenvalue weighted by molar-refractivity contribution is 9.10. The van der Waals surface area contributed by atoms with Gasteiger partial charge in [-0.1, -0.05) is 0 Å². The van der Waals surface area contributed by atoms with Crippen LogP contribution in [0.3, 0.4) is 0 Å². The molecule has 1 unspecified atom stereocenters. The number of hydrogen-bond donors (Lipinski definition) is 1. The maximum atomic E-state index is 12.0. The fraction of sp³-hybridized carbons (Fsp3) is 0.500. The molecule has 1 saturated heterocycles. The summed E-state index contributed by atoms with van der Waals surface area (Å²) in [5, 5.41) is 8.98.